The van der Waals surface area contributed by atoms with Crippen LogP contribution in [-0.4, -0.2) is 21.6 Å². The highest BCUT2D eigenvalue weighted by Crippen LogP contribution is 2.28. The van der Waals surface area contributed by atoms with Crippen molar-refractivity contribution in [1.82, 2.24) is 9.88 Å². The Balaban J connectivity index is 1.39. The van der Waals surface area contributed by atoms with Gasteiger partial charge in [0.25, 0.3) is 5.91 Å². The minimum Gasteiger partial charge on any atom is -0.478 e. The van der Waals surface area contributed by atoms with Crippen molar-refractivity contribution >= 4 is 44.2 Å². The van der Waals surface area contributed by atoms with Crippen molar-refractivity contribution in [2.24, 2.45) is 0 Å². The molecule has 158 valence electrons. The number of aromatic carboxylic acids is 1. The van der Waals surface area contributed by atoms with E-state index in [1.807, 2.05) is 42.6 Å². The molecule has 1 amide bonds. The van der Waals surface area contributed by atoms with Crippen LogP contribution >= 0.6 is 11.3 Å². The summed E-state index contributed by atoms with van der Waals surface area (Å²) in [5, 5.41) is 14.2. The lowest BCUT2D eigenvalue weighted by atomic mass is 10.1. The molecule has 0 radical (unpaired) electrons. The first-order valence-corrected chi connectivity index (χ1v) is 11.1. The second kappa shape index (κ2) is 8.32. The Morgan fingerprint density at radius 1 is 0.906 bits per heavy atom. The first kappa shape index (κ1) is 20.0. The number of carboxylic acid groups (broad SMARTS) is 1. The van der Waals surface area contributed by atoms with Gasteiger partial charge >= 0.3 is 5.97 Å². The van der Waals surface area contributed by atoms with Gasteiger partial charge in [-0.15, -0.1) is 11.3 Å². The van der Waals surface area contributed by atoms with Gasteiger partial charge in [-0.05, 0) is 47.3 Å². The van der Waals surface area contributed by atoms with Gasteiger partial charge in [0.15, 0.2) is 0 Å². The summed E-state index contributed by atoms with van der Waals surface area (Å²) in [5.41, 5.74) is 2.60. The van der Waals surface area contributed by atoms with E-state index in [1.54, 1.807) is 35.6 Å². The van der Waals surface area contributed by atoms with Crippen molar-refractivity contribution < 1.29 is 14.7 Å². The number of amides is 1. The fourth-order valence-corrected chi connectivity index (χ4v) is 4.97. The number of fused-ring (bicyclic) bond motifs is 2. The summed E-state index contributed by atoms with van der Waals surface area (Å²) in [6.45, 7) is 1.02. The number of hydrogen-bond acceptors (Lipinski definition) is 3. The lowest BCUT2D eigenvalue weighted by molar-refractivity contribution is 0.0696. The molecule has 0 saturated heterocycles. The molecule has 0 aliphatic rings. The van der Waals surface area contributed by atoms with Crippen LogP contribution in [0.25, 0.3) is 21.0 Å². The zero-order valence-corrected chi connectivity index (χ0v) is 17.9. The number of nitrogens with one attached hydrogen (secondary N) is 1. The van der Waals surface area contributed by atoms with Crippen LogP contribution in [0.3, 0.4) is 0 Å². The third-order valence-electron chi connectivity index (χ3n) is 5.49. The monoisotopic (exact) mass is 440 g/mol. The van der Waals surface area contributed by atoms with Crippen molar-refractivity contribution in [2.75, 3.05) is 0 Å². The number of benzene rings is 3. The summed E-state index contributed by atoms with van der Waals surface area (Å²) in [4.78, 5) is 25.3. The molecule has 0 bridgehead atoms. The maximum absolute atomic E-state index is 13.0. The quantitative estimate of drug-likeness (QED) is 0.365. The second-order valence-corrected chi connectivity index (χ2v) is 8.79. The third-order valence-corrected chi connectivity index (χ3v) is 6.59. The fourth-order valence-electron chi connectivity index (χ4n) is 3.90. The molecule has 6 heteroatoms. The lowest BCUT2D eigenvalue weighted by Crippen LogP contribution is -2.23. The van der Waals surface area contributed by atoms with E-state index in [0.29, 0.717) is 18.7 Å². The molecule has 0 spiro atoms. The Labute approximate surface area is 188 Å². The van der Waals surface area contributed by atoms with E-state index < -0.39 is 5.97 Å². The maximum atomic E-state index is 13.0. The number of hydrogen-bond donors (Lipinski definition) is 2. The molecule has 0 aliphatic carbocycles. The highest BCUT2D eigenvalue weighted by molar-refractivity contribution is 7.19. The average molecular weight is 441 g/mol. The second-order valence-electron chi connectivity index (χ2n) is 7.62. The predicted molar refractivity (Wildman–Crippen MR) is 127 cm³/mol. The van der Waals surface area contributed by atoms with Gasteiger partial charge in [0, 0.05) is 27.7 Å². The summed E-state index contributed by atoms with van der Waals surface area (Å²) < 4.78 is 3.38. The van der Waals surface area contributed by atoms with Crippen molar-refractivity contribution in [3.05, 3.63) is 107 Å². The third kappa shape index (κ3) is 3.88. The highest BCUT2D eigenvalue weighted by atomic mass is 32.1. The molecule has 0 aliphatic heterocycles. The predicted octanol–water partition coefficient (Wildman–Crippen LogP) is 5.53. The maximum Gasteiger partial charge on any atom is 0.335 e. The number of thiophene rings is 1. The molecule has 2 heterocycles. The van der Waals surface area contributed by atoms with E-state index in [4.69, 9.17) is 5.11 Å². The number of carboxylic acids is 1. The molecule has 0 unspecified atom stereocenters. The van der Waals surface area contributed by atoms with Crippen LogP contribution in [0, 0.1) is 0 Å². The number of carbonyl (C=O) groups excluding carboxylic acids is 1. The number of nitrogens with zero attached hydrogens (tertiary/aromatic N) is 1. The number of aromatic nitrogens is 1. The summed E-state index contributed by atoms with van der Waals surface area (Å²) in [6, 6.07) is 24.8. The van der Waals surface area contributed by atoms with Gasteiger partial charge in [-0.1, -0.05) is 42.5 Å². The van der Waals surface area contributed by atoms with E-state index in [-0.39, 0.29) is 11.5 Å². The zero-order chi connectivity index (χ0) is 22.1. The number of para-hydroxylation sites is 1. The molecule has 5 rings (SSSR count). The van der Waals surface area contributed by atoms with Crippen molar-refractivity contribution in [2.45, 2.75) is 13.1 Å². The van der Waals surface area contributed by atoms with E-state index in [1.165, 1.54) is 15.0 Å². The van der Waals surface area contributed by atoms with E-state index in [9.17, 15) is 9.59 Å². The summed E-state index contributed by atoms with van der Waals surface area (Å²) in [6.07, 6.45) is 2.02. The van der Waals surface area contributed by atoms with Crippen LogP contribution < -0.4 is 5.32 Å². The minimum absolute atomic E-state index is 0.158. The molecular formula is C26H20N2O3S. The Bertz CT molecular complexity index is 1410. The molecule has 0 fully saturated rings. The van der Waals surface area contributed by atoms with Crippen LogP contribution in [0.2, 0.25) is 0 Å². The van der Waals surface area contributed by atoms with Crippen molar-refractivity contribution in [1.29, 1.82) is 0 Å². The molecule has 0 atom stereocenters. The van der Waals surface area contributed by atoms with Crippen LogP contribution in [0.15, 0.2) is 85.1 Å². The van der Waals surface area contributed by atoms with Crippen molar-refractivity contribution in [3.8, 4) is 0 Å². The molecule has 3 aromatic carbocycles. The van der Waals surface area contributed by atoms with Gasteiger partial charge in [0.2, 0.25) is 0 Å². The molecular weight excluding hydrogens is 420 g/mol. The van der Waals surface area contributed by atoms with E-state index in [2.05, 4.69) is 28.1 Å². The zero-order valence-electron chi connectivity index (χ0n) is 17.1. The SMILES string of the molecule is O=C(O)c1ccc(CNC(=O)c2cccc3ccn(Cc4cc5ccccc5s4)c23)cc1. The van der Waals surface area contributed by atoms with Crippen LogP contribution in [-0.2, 0) is 13.1 Å². The first-order chi connectivity index (χ1) is 15.6. The Morgan fingerprint density at radius 3 is 2.47 bits per heavy atom. The van der Waals surface area contributed by atoms with Gasteiger partial charge < -0.3 is 15.0 Å². The smallest absolute Gasteiger partial charge is 0.335 e. The number of rotatable bonds is 6. The van der Waals surface area contributed by atoms with Gasteiger partial charge in [0.05, 0.1) is 23.2 Å². The standard InChI is InChI=1S/C26H20N2O3S/c29-25(27-15-17-8-10-19(11-9-17)26(30)31)22-6-3-5-18-12-13-28(24(18)22)16-21-14-20-4-1-2-7-23(20)32-21/h1-14H,15-16H2,(H,27,29)(H,30,31). The van der Waals surface area contributed by atoms with Gasteiger partial charge in [-0.2, -0.15) is 0 Å². The number of carbonyl (C=O) groups is 2. The highest BCUT2D eigenvalue weighted by Gasteiger charge is 2.14. The molecule has 5 aromatic rings. The van der Waals surface area contributed by atoms with Gasteiger partial charge in [-0.25, -0.2) is 4.79 Å². The summed E-state index contributed by atoms with van der Waals surface area (Å²) in [7, 11) is 0. The normalized spacial score (nSPS) is 11.1. The molecule has 0 saturated carbocycles. The Hall–Kier alpha value is -3.90. The van der Waals surface area contributed by atoms with Gasteiger partial charge in [0.1, 0.15) is 0 Å². The average Bonchev–Trinajstić information content (AvgIpc) is 3.41. The van der Waals surface area contributed by atoms with Crippen LogP contribution in [0.4, 0.5) is 0 Å². The van der Waals surface area contributed by atoms with E-state index in [0.717, 1.165) is 16.5 Å². The van der Waals surface area contributed by atoms with Crippen LogP contribution in [0.1, 0.15) is 31.2 Å². The molecule has 5 nitrogen and oxygen atoms in total. The molecule has 32 heavy (non-hydrogen) atoms. The minimum atomic E-state index is -0.966. The first-order valence-electron chi connectivity index (χ1n) is 10.2. The Morgan fingerprint density at radius 2 is 1.69 bits per heavy atom. The lowest BCUT2D eigenvalue weighted by Gasteiger charge is -2.10. The van der Waals surface area contributed by atoms with Gasteiger partial charge in [-0.3, -0.25) is 4.79 Å². The molecule has 2 aromatic heterocycles. The molecule has 2 N–H and O–H groups in total. The summed E-state index contributed by atoms with van der Waals surface area (Å²) >= 11 is 1.77. The largest absolute Gasteiger partial charge is 0.478 e. The van der Waals surface area contributed by atoms with Crippen LogP contribution in [0.5, 0.6) is 0 Å². The summed E-state index contributed by atoms with van der Waals surface area (Å²) in [5.74, 6) is -1.12. The Kier molecular flexibility index (Phi) is 5.21. The topological polar surface area (TPSA) is 71.3 Å². The van der Waals surface area contributed by atoms with E-state index >= 15 is 0 Å². The fraction of sp³-hybridized carbons (Fsp3) is 0.0769. The van der Waals surface area contributed by atoms with Crippen molar-refractivity contribution in [3.63, 3.8) is 0 Å².